The Balaban J connectivity index is 4.38. The molecular formula is C17H34N8O5. The lowest BCUT2D eigenvalue weighted by Gasteiger charge is -2.19. The number of rotatable bonds is 15. The highest BCUT2D eigenvalue weighted by molar-refractivity contribution is 5.92. The summed E-state index contributed by atoms with van der Waals surface area (Å²) >= 11 is 0. The quantitative estimate of drug-likeness (QED) is 0.0735. The minimum Gasteiger partial charge on any atom is -0.480 e. The molecule has 13 nitrogen and oxygen atoms in total. The Bertz CT molecular complexity index is 609. The molecule has 0 radical (unpaired) electrons. The maximum absolute atomic E-state index is 12.2. The molecule has 0 rings (SSSR count). The van der Waals surface area contributed by atoms with Crippen LogP contribution in [0.2, 0.25) is 0 Å². The van der Waals surface area contributed by atoms with E-state index in [1.165, 1.54) is 6.92 Å². The van der Waals surface area contributed by atoms with Crippen LogP contribution in [-0.4, -0.2) is 72.5 Å². The molecule has 172 valence electrons. The normalized spacial score (nSPS) is 13.4. The summed E-state index contributed by atoms with van der Waals surface area (Å²) < 4.78 is 0. The van der Waals surface area contributed by atoms with Gasteiger partial charge in [0, 0.05) is 6.54 Å². The van der Waals surface area contributed by atoms with Crippen molar-refractivity contribution in [2.24, 2.45) is 27.9 Å². The molecule has 0 fully saturated rings. The van der Waals surface area contributed by atoms with Crippen molar-refractivity contribution in [3.63, 3.8) is 0 Å². The van der Waals surface area contributed by atoms with Crippen molar-refractivity contribution in [1.29, 1.82) is 0 Å². The van der Waals surface area contributed by atoms with E-state index < -0.39 is 41.8 Å². The van der Waals surface area contributed by atoms with E-state index in [2.05, 4.69) is 20.9 Å². The summed E-state index contributed by atoms with van der Waals surface area (Å²) in [6, 6.07) is -2.91. The zero-order valence-electron chi connectivity index (χ0n) is 17.2. The van der Waals surface area contributed by atoms with Crippen LogP contribution in [0.1, 0.15) is 39.0 Å². The molecule has 3 amide bonds. The number of nitrogens with two attached hydrogens (primary N) is 4. The Morgan fingerprint density at radius 1 is 1.00 bits per heavy atom. The molecule has 0 saturated carbocycles. The molecule has 3 unspecified atom stereocenters. The predicted molar refractivity (Wildman–Crippen MR) is 111 cm³/mol. The van der Waals surface area contributed by atoms with Gasteiger partial charge in [-0.3, -0.25) is 19.4 Å². The van der Waals surface area contributed by atoms with Crippen molar-refractivity contribution in [2.45, 2.75) is 57.2 Å². The molecular weight excluding hydrogens is 396 g/mol. The molecule has 13 heteroatoms. The van der Waals surface area contributed by atoms with E-state index in [1.807, 2.05) is 0 Å². The largest absolute Gasteiger partial charge is 0.480 e. The third-order valence-corrected chi connectivity index (χ3v) is 4.06. The summed E-state index contributed by atoms with van der Waals surface area (Å²) in [7, 11) is 0. The molecule has 0 saturated heterocycles. The fraction of sp³-hybridized carbons (Fsp3) is 0.706. The lowest BCUT2D eigenvalue weighted by Crippen LogP contribution is -2.52. The van der Waals surface area contributed by atoms with Gasteiger partial charge < -0.3 is 44.0 Å². The van der Waals surface area contributed by atoms with E-state index in [0.717, 1.165) is 6.42 Å². The van der Waals surface area contributed by atoms with E-state index >= 15 is 0 Å². The Hall–Kier alpha value is -2.93. The Kier molecular flexibility index (Phi) is 13.5. The maximum atomic E-state index is 12.2. The molecule has 0 aromatic rings. The minimum atomic E-state index is -1.22. The average molecular weight is 431 g/mol. The van der Waals surface area contributed by atoms with Crippen molar-refractivity contribution in [3.05, 3.63) is 0 Å². The number of amides is 3. The van der Waals surface area contributed by atoms with Crippen molar-refractivity contribution >= 4 is 29.7 Å². The molecule has 3 atom stereocenters. The molecule has 0 aromatic heterocycles. The Morgan fingerprint density at radius 2 is 1.67 bits per heavy atom. The number of unbranched alkanes of at least 4 members (excludes halogenated alkanes) is 1. The first-order valence-electron chi connectivity index (χ1n) is 9.69. The van der Waals surface area contributed by atoms with E-state index in [1.54, 1.807) is 0 Å². The number of nitrogens with zero attached hydrogens (tertiary/aromatic N) is 1. The molecule has 0 aliphatic heterocycles. The van der Waals surface area contributed by atoms with Crippen molar-refractivity contribution in [3.8, 4) is 0 Å². The summed E-state index contributed by atoms with van der Waals surface area (Å²) in [6.07, 6.45) is 2.35. The molecule has 0 spiro atoms. The van der Waals surface area contributed by atoms with Crippen LogP contribution in [0, 0.1) is 0 Å². The summed E-state index contributed by atoms with van der Waals surface area (Å²) in [4.78, 5) is 50.9. The third kappa shape index (κ3) is 12.5. The summed E-state index contributed by atoms with van der Waals surface area (Å²) in [6.45, 7) is 1.77. The number of aliphatic imine (C=N–C) groups is 1. The highest BCUT2D eigenvalue weighted by atomic mass is 16.4. The van der Waals surface area contributed by atoms with E-state index in [4.69, 9.17) is 22.9 Å². The van der Waals surface area contributed by atoms with Gasteiger partial charge in [0.2, 0.25) is 17.7 Å². The standard InChI is InChI=1S/C17H34N8O5/c1-10(14(27)25-12(16(29)30)6-4-8-22-17(20)21)24-13(26)9-23-15(28)11(19)5-2-3-7-18/h10-12H,2-9,18-19H2,1H3,(H,23,28)(H,24,26)(H,25,27)(H,29,30)(H4,20,21,22). The number of aliphatic carboxylic acids is 1. The second kappa shape index (κ2) is 15.0. The topological polar surface area (TPSA) is 241 Å². The Morgan fingerprint density at radius 3 is 2.23 bits per heavy atom. The molecule has 0 heterocycles. The van der Waals surface area contributed by atoms with Gasteiger partial charge in [-0.1, -0.05) is 6.42 Å². The lowest BCUT2D eigenvalue weighted by molar-refractivity contribution is -0.142. The van der Waals surface area contributed by atoms with Crippen LogP contribution in [0.25, 0.3) is 0 Å². The molecule has 0 bridgehead atoms. The van der Waals surface area contributed by atoms with Crippen LogP contribution in [-0.2, 0) is 19.2 Å². The number of carbonyl (C=O) groups excluding carboxylic acids is 3. The highest BCUT2D eigenvalue weighted by Gasteiger charge is 2.24. The van der Waals surface area contributed by atoms with Gasteiger partial charge in [0.25, 0.3) is 0 Å². The fourth-order valence-electron chi connectivity index (χ4n) is 2.35. The van der Waals surface area contributed by atoms with E-state index in [0.29, 0.717) is 25.8 Å². The van der Waals surface area contributed by atoms with Crippen LogP contribution < -0.4 is 38.9 Å². The van der Waals surface area contributed by atoms with Crippen LogP contribution >= 0.6 is 0 Å². The van der Waals surface area contributed by atoms with Gasteiger partial charge in [-0.15, -0.1) is 0 Å². The van der Waals surface area contributed by atoms with Gasteiger partial charge in [-0.05, 0) is 39.2 Å². The van der Waals surface area contributed by atoms with Crippen LogP contribution in [0.3, 0.4) is 0 Å². The molecule has 0 aliphatic rings. The summed E-state index contributed by atoms with van der Waals surface area (Å²) in [5.41, 5.74) is 21.5. The molecule has 0 aromatic carbocycles. The number of carbonyl (C=O) groups is 4. The van der Waals surface area contributed by atoms with Gasteiger partial charge in [-0.2, -0.15) is 0 Å². The fourth-order valence-corrected chi connectivity index (χ4v) is 2.35. The number of hydrogen-bond acceptors (Lipinski definition) is 7. The minimum absolute atomic E-state index is 0.106. The van der Waals surface area contributed by atoms with Crippen LogP contribution in [0.4, 0.5) is 0 Å². The van der Waals surface area contributed by atoms with Crippen molar-refractivity contribution in [1.82, 2.24) is 16.0 Å². The van der Waals surface area contributed by atoms with E-state index in [9.17, 15) is 24.3 Å². The number of carboxylic acid groups (broad SMARTS) is 1. The summed E-state index contributed by atoms with van der Waals surface area (Å²) in [5, 5.41) is 16.3. The number of hydrogen-bond donors (Lipinski definition) is 8. The third-order valence-electron chi connectivity index (χ3n) is 4.06. The summed E-state index contributed by atoms with van der Waals surface area (Å²) in [5.74, 6) is -3.10. The van der Waals surface area contributed by atoms with Crippen molar-refractivity contribution in [2.75, 3.05) is 19.6 Å². The first-order valence-corrected chi connectivity index (χ1v) is 9.69. The van der Waals surface area contributed by atoms with Crippen LogP contribution in [0.15, 0.2) is 4.99 Å². The number of carboxylic acids is 1. The lowest BCUT2D eigenvalue weighted by atomic mass is 10.1. The van der Waals surface area contributed by atoms with Gasteiger partial charge in [0.1, 0.15) is 12.1 Å². The molecule has 0 aliphatic carbocycles. The first kappa shape index (κ1) is 27.1. The number of nitrogens with one attached hydrogen (secondary N) is 3. The van der Waals surface area contributed by atoms with E-state index in [-0.39, 0.29) is 25.5 Å². The zero-order chi connectivity index (χ0) is 23.1. The SMILES string of the molecule is CC(NC(=O)CNC(=O)C(N)CCCCN)C(=O)NC(CCCN=C(N)N)C(=O)O. The second-order valence-corrected chi connectivity index (χ2v) is 6.75. The van der Waals surface area contributed by atoms with Crippen LogP contribution in [0.5, 0.6) is 0 Å². The number of guanidine groups is 1. The van der Waals surface area contributed by atoms with Gasteiger partial charge in [0.15, 0.2) is 5.96 Å². The molecule has 30 heavy (non-hydrogen) atoms. The average Bonchev–Trinajstić information content (AvgIpc) is 2.67. The molecule has 12 N–H and O–H groups in total. The maximum Gasteiger partial charge on any atom is 0.326 e. The van der Waals surface area contributed by atoms with Gasteiger partial charge in [-0.25, -0.2) is 4.79 Å². The van der Waals surface area contributed by atoms with Crippen molar-refractivity contribution < 1.29 is 24.3 Å². The predicted octanol–water partition coefficient (Wildman–Crippen LogP) is -3.31. The second-order valence-electron chi connectivity index (χ2n) is 6.75. The zero-order valence-corrected chi connectivity index (χ0v) is 17.2. The van der Waals surface area contributed by atoms with Gasteiger partial charge >= 0.3 is 5.97 Å². The Labute approximate surface area is 175 Å². The first-order chi connectivity index (χ1) is 14.1. The van der Waals surface area contributed by atoms with Gasteiger partial charge in [0.05, 0.1) is 12.6 Å². The monoisotopic (exact) mass is 430 g/mol. The smallest absolute Gasteiger partial charge is 0.326 e. The highest BCUT2D eigenvalue weighted by Crippen LogP contribution is 2.00.